The van der Waals surface area contributed by atoms with Crippen molar-refractivity contribution in [3.8, 4) is 5.75 Å². The first-order chi connectivity index (χ1) is 13.0. The first kappa shape index (κ1) is 20.6. The van der Waals surface area contributed by atoms with Crippen molar-refractivity contribution >= 4 is 6.09 Å². The minimum absolute atomic E-state index is 0.00931. The zero-order chi connectivity index (χ0) is 19.6. The number of amides is 1. The predicted octanol–water partition coefficient (Wildman–Crippen LogP) is 3.00. The van der Waals surface area contributed by atoms with E-state index in [9.17, 15) is 23.8 Å². The zero-order valence-corrected chi connectivity index (χ0v) is 14.4. The van der Waals surface area contributed by atoms with E-state index in [1.165, 1.54) is 24.3 Å². The molecule has 0 aliphatic heterocycles. The molecule has 0 aromatic heterocycles. The number of rotatable bonds is 9. The molecule has 1 amide bonds. The number of aliphatic hydroxyl groups is 2. The van der Waals surface area contributed by atoms with Crippen LogP contribution in [0.4, 0.5) is 13.6 Å². The molecule has 2 aromatic carbocycles. The molecule has 0 bridgehead atoms. The fourth-order valence-electron chi connectivity index (χ4n) is 2.39. The van der Waals surface area contributed by atoms with Gasteiger partial charge >= 0.3 is 12.7 Å². The zero-order valence-electron chi connectivity index (χ0n) is 14.4. The van der Waals surface area contributed by atoms with Crippen LogP contribution in [0, 0.1) is 0 Å². The molecule has 0 aliphatic rings. The lowest BCUT2D eigenvalue weighted by atomic mass is 10.0. The van der Waals surface area contributed by atoms with Crippen LogP contribution in [0.5, 0.6) is 5.75 Å². The van der Waals surface area contributed by atoms with Crippen LogP contribution in [0.1, 0.15) is 23.7 Å². The summed E-state index contributed by atoms with van der Waals surface area (Å²) < 4.78 is 34.2. The van der Waals surface area contributed by atoms with Gasteiger partial charge in [-0.2, -0.15) is 8.78 Å². The molecule has 0 fully saturated rings. The number of carbonyl (C=O) groups is 1. The van der Waals surface area contributed by atoms with Crippen LogP contribution in [0.25, 0.3) is 0 Å². The summed E-state index contributed by atoms with van der Waals surface area (Å²) in [5, 5.41) is 22.7. The highest BCUT2D eigenvalue weighted by molar-refractivity contribution is 5.67. The summed E-state index contributed by atoms with van der Waals surface area (Å²) in [7, 11) is 0. The van der Waals surface area contributed by atoms with Crippen molar-refractivity contribution in [3.05, 3.63) is 65.7 Å². The number of alkyl halides is 2. The van der Waals surface area contributed by atoms with Gasteiger partial charge in [0.25, 0.3) is 0 Å². The van der Waals surface area contributed by atoms with Gasteiger partial charge in [0, 0.05) is 12.1 Å². The first-order valence-corrected chi connectivity index (χ1v) is 8.31. The summed E-state index contributed by atoms with van der Waals surface area (Å²) in [4.78, 5) is 11.6. The van der Waals surface area contributed by atoms with Crippen molar-refractivity contribution in [2.24, 2.45) is 0 Å². The molecule has 2 unspecified atom stereocenters. The third-order valence-electron chi connectivity index (χ3n) is 3.74. The average molecular weight is 381 g/mol. The highest BCUT2D eigenvalue weighted by atomic mass is 19.3. The van der Waals surface area contributed by atoms with Crippen molar-refractivity contribution in [3.63, 3.8) is 0 Å². The number of para-hydroxylation sites is 1. The van der Waals surface area contributed by atoms with Gasteiger partial charge in [-0.25, -0.2) is 4.79 Å². The van der Waals surface area contributed by atoms with Gasteiger partial charge < -0.3 is 25.0 Å². The number of aliphatic hydroxyl groups excluding tert-OH is 2. The number of benzene rings is 2. The Balaban J connectivity index is 1.78. The van der Waals surface area contributed by atoms with E-state index < -0.39 is 24.9 Å². The molecule has 6 nitrogen and oxygen atoms in total. The molecule has 27 heavy (non-hydrogen) atoms. The minimum atomic E-state index is -3.04. The number of nitrogens with one attached hydrogen (secondary N) is 1. The van der Waals surface area contributed by atoms with E-state index in [4.69, 9.17) is 4.74 Å². The van der Waals surface area contributed by atoms with E-state index in [0.29, 0.717) is 0 Å². The Labute approximate surface area is 155 Å². The standard InChI is InChI=1S/C19H21F2NO5/c20-18(21)27-16-9-5-4-8-14(16)17(24)15(23)10-11-22-19(25)26-12-13-6-2-1-3-7-13/h1-9,15,17-18,23-24H,10-12H2,(H,22,25). The molecule has 0 radical (unpaired) electrons. The minimum Gasteiger partial charge on any atom is -0.445 e. The van der Waals surface area contributed by atoms with Crippen LogP contribution in [0.3, 0.4) is 0 Å². The Morgan fingerprint density at radius 2 is 1.70 bits per heavy atom. The van der Waals surface area contributed by atoms with Gasteiger partial charge in [0.1, 0.15) is 18.5 Å². The van der Waals surface area contributed by atoms with Gasteiger partial charge in [-0.3, -0.25) is 0 Å². The molecule has 0 heterocycles. The highest BCUT2D eigenvalue weighted by Crippen LogP contribution is 2.29. The summed E-state index contributed by atoms with van der Waals surface area (Å²) >= 11 is 0. The van der Waals surface area contributed by atoms with Crippen LogP contribution in [0.15, 0.2) is 54.6 Å². The molecule has 3 N–H and O–H groups in total. The van der Waals surface area contributed by atoms with Crippen LogP contribution >= 0.6 is 0 Å². The van der Waals surface area contributed by atoms with Gasteiger partial charge in [-0.15, -0.1) is 0 Å². The van der Waals surface area contributed by atoms with E-state index in [-0.39, 0.29) is 30.9 Å². The normalized spacial score (nSPS) is 13.1. The number of hydrogen-bond acceptors (Lipinski definition) is 5. The number of carbonyl (C=O) groups excluding carboxylic acids is 1. The monoisotopic (exact) mass is 381 g/mol. The summed E-state index contributed by atoms with van der Waals surface area (Å²) in [6.07, 6.45) is -3.41. The third-order valence-corrected chi connectivity index (χ3v) is 3.74. The van der Waals surface area contributed by atoms with Crippen molar-refractivity contribution in [2.75, 3.05) is 6.54 Å². The fraction of sp³-hybridized carbons (Fsp3) is 0.316. The maximum atomic E-state index is 12.4. The molecule has 2 atom stereocenters. The largest absolute Gasteiger partial charge is 0.445 e. The van der Waals surface area contributed by atoms with Gasteiger partial charge in [0.05, 0.1) is 6.10 Å². The van der Waals surface area contributed by atoms with E-state index in [2.05, 4.69) is 10.1 Å². The fourth-order valence-corrected chi connectivity index (χ4v) is 2.39. The molecule has 146 valence electrons. The second kappa shape index (κ2) is 10.4. The lowest BCUT2D eigenvalue weighted by molar-refractivity contribution is -0.0540. The Hall–Kier alpha value is -2.71. The van der Waals surface area contributed by atoms with Crippen molar-refractivity contribution in [1.29, 1.82) is 0 Å². The van der Waals surface area contributed by atoms with Crippen LogP contribution in [-0.4, -0.2) is 35.6 Å². The smallest absolute Gasteiger partial charge is 0.407 e. The molecule has 0 aliphatic carbocycles. The van der Waals surface area contributed by atoms with Crippen LogP contribution in [0.2, 0.25) is 0 Å². The second-order valence-electron chi connectivity index (χ2n) is 5.71. The van der Waals surface area contributed by atoms with Crippen LogP contribution in [-0.2, 0) is 11.3 Å². The Morgan fingerprint density at radius 3 is 2.41 bits per heavy atom. The molecule has 0 spiro atoms. The van der Waals surface area contributed by atoms with E-state index in [1.807, 2.05) is 30.3 Å². The molecule has 0 saturated heterocycles. The topological polar surface area (TPSA) is 88.0 Å². The summed E-state index contributed by atoms with van der Waals surface area (Å²) in [5.41, 5.74) is 0.871. The predicted molar refractivity (Wildman–Crippen MR) is 93.3 cm³/mol. The molecule has 2 aromatic rings. The molecule has 0 saturated carbocycles. The quantitative estimate of drug-likeness (QED) is 0.622. The lowest BCUT2D eigenvalue weighted by Crippen LogP contribution is -2.30. The maximum absolute atomic E-state index is 12.4. The highest BCUT2D eigenvalue weighted by Gasteiger charge is 2.23. The van der Waals surface area contributed by atoms with Gasteiger partial charge in [-0.05, 0) is 18.1 Å². The number of alkyl carbamates (subject to hydrolysis) is 1. The first-order valence-electron chi connectivity index (χ1n) is 8.31. The summed E-state index contributed by atoms with van der Waals surface area (Å²) in [5.74, 6) is -0.214. The molecular formula is C19H21F2NO5. The summed E-state index contributed by atoms with van der Waals surface area (Å²) in [6, 6.07) is 14.8. The van der Waals surface area contributed by atoms with Gasteiger partial charge in [-0.1, -0.05) is 48.5 Å². The van der Waals surface area contributed by atoms with E-state index in [1.54, 1.807) is 0 Å². The van der Waals surface area contributed by atoms with E-state index >= 15 is 0 Å². The van der Waals surface area contributed by atoms with Gasteiger partial charge in [0.2, 0.25) is 0 Å². The van der Waals surface area contributed by atoms with Gasteiger partial charge in [0.15, 0.2) is 0 Å². The number of ether oxygens (including phenoxy) is 2. The number of hydrogen-bond donors (Lipinski definition) is 3. The second-order valence-corrected chi connectivity index (χ2v) is 5.71. The molecular weight excluding hydrogens is 360 g/mol. The molecule has 2 rings (SSSR count). The summed E-state index contributed by atoms with van der Waals surface area (Å²) in [6.45, 7) is -2.91. The van der Waals surface area contributed by atoms with E-state index in [0.717, 1.165) is 5.56 Å². The van der Waals surface area contributed by atoms with Crippen molar-refractivity contribution < 1.29 is 33.3 Å². The SMILES string of the molecule is O=C(NCCC(O)C(O)c1ccccc1OC(F)F)OCc1ccccc1. The van der Waals surface area contributed by atoms with Crippen LogP contribution < -0.4 is 10.1 Å². The Morgan fingerprint density at radius 1 is 1.04 bits per heavy atom. The van der Waals surface area contributed by atoms with Crippen molar-refractivity contribution in [1.82, 2.24) is 5.32 Å². The number of halogens is 2. The Bertz CT molecular complexity index is 714. The third kappa shape index (κ3) is 6.84. The van der Waals surface area contributed by atoms with Crippen molar-refractivity contribution in [2.45, 2.75) is 31.8 Å². The maximum Gasteiger partial charge on any atom is 0.407 e. The lowest BCUT2D eigenvalue weighted by Gasteiger charge is -2.20. The Kier molecular flexibility index (Phi) is 7.97. The average Bonchev–Trinajstić information content (AvgIpc) is 2.66. The molecule has 8 heteroatoms.